The van der Waals surface area contributed by atoms with Crippen LogP contribution in [0.2, 0.25) is 5.02 Å². The maximum atomic E-state index is 14.6. The van der Waals surface area contributed by atoms with Crippen LogP contribution in [-0.4, -0.2) is 33.0 Å². The Kier molecular flexibility index (Phi) is 7.70. The van der Waals surface area contributed by atoms with Gasteiger partial charge in [0.1, 0.15) is 10.7 Å². The van der Waals surface area contributed by atoms with Crippen LogP contribution in [0.15, 0.2) is 57.3 Å². The van der Waals surface area contributed by atoms with Crippen molar-refractivity contribution in [2.75, 3.05) is 23.6 Å². The number of hydrogen-bond acceptors (Lipinski definition) is 6. The molecule has 0 aliphatic carbocycles. The standard InChI is InChI=1S/C19H19BrClFN4O2S2/c1-23-14(8-12-2-4-13(20)5-3-12)11-25-17-10-16(22)18(9-15(17)21)30(27,28)26-19-24-6-7-29-19/h2-7,9-10,14,23,25H,8,11H2,1H3,(H,24,26)/t14-/m0/s1. The molecule has 6 nitrogen and oxygen atoms in total. The number of thiazole rings is 1. The van der Waals surface area contributed by atoms with Crippen molar-refractivity contribution in [3.05, 3.63) is 68.9 Å². The van der Waals surface area contributed by atoms with E-state index in [0.717, 1.165) is 39.9 Å². The third-order valence-corrected chi connectivity index (χ3v) is 7.32. The van der Waals surface area contributed by atoms with Crippen molar-refractivity contribution in [2.45, 2.75) is 17.4 Å². The van der Waals surface area contributed by atoms with Crippen LogP contribution in [0.3, 0.4) is 0 Å². The molecule has 3 N–H and O–H groups in total. The molecule has 2 aromatic carbocycles. The molecule has 0 aliphatic rings. The van der Waals surface area contributed by atoms with Crippen molar-refractivity contribution >= 4 is 59.7 Å². The topological polar surface area (TPSA) is 83.1 Å². The van der Waals surface area contributed by atoms with Crippen LogP contribution < -0.4 is 15.4 Å². The van der Waals surface area contributed by atoms with Gasteiger partial charge in [0, 0.05) is 28.6 Å². The zero-order valence-electron chi connectivity index (χ0n) is 15.8. The van der Waals surface area contributed by atoms with Crippen LogP contribution in [0.4, 0.5) is 15.2 Å². The number of nitrogens with zero attached hydrogens (tertiary/aromatic N) is 1. The second-order valence-electron chi connectivity index (χ2n) is 6.40. The first-order valence-corrected chi connectivity index (χ1v) is 12.4. The lowest BCUT2D eigenvalue weighted by atomic mass is 10.1. The van der Waals surface area contributed by atoms with Gasteiger partial charge < -0.3 is 10.6 Å². The lowest BCUT2D eigenvalue weighted by molar-refractivity contribution is 0.569. The normalized spacial score (nSPS) is 12.5. The Labute approximate surface area is 192 Å². The number of likely N-dealkylation sites (N-methyl/N-ethyl adjacent to an activating group) is 1. The summed E-state index contributed by atoms with van der Waals surface area (Å²) in [7, 11) is -2.30. The fraction of sp³-hybridized carbons (Fsp3) is 0.211. The maximum absolute atomic E-state index is 14.6. The molecule has 30 heavy (non-hydrogen) atoms. The Morgan fingerprint density at radius 1 is 1.27 bits per heavy atom. The van der Waals surface area contributed by atoms with E-state index in [9.17, 15) is 12.8 Å². The van der Waals surface area contributed by atoms with Crippen LogP contribution in [0.1, 0.15) is 5.56 Å². The van der Waals surface area contributed by atoms with Gasteiger partial charge in [0.05, 0.1) is 10.7 Å². The van der Waals surface area contributed by atoms with Gasteiger partial charge in [-0.25, -0.2) is 17.8 Å². The molecule has 0 unspecified atom stereocenters. The number of sulfonamides is 1. The van der Waals surface area contributed by atoms with E-state index >= 15 is 0 Å². The zero-order valence-corrected chi connectivity index (χ0v) is 19.8. The second kappa shape index (κ2) is 10.1. The quantitative estimate of drug-likeness (QED) is 0.370. The number of hydrogen-bond donors (Lipinski definition) is 3. The predicted octanol–water partition coefficient (Wildman–Crippen LogP) is 4.74. The highest BCUT2D eigenvalue weighted by Gasteiger charge is 2.22. The van der Waals surface area contributed by atoms with Crippen molar-refractivity contribution in [1.29, 1.82) is 0 Å². The summed E-state index contributed by atoms with van der Waals surface area (Å²) in [6.07, 6.45) is 2.20. The smallest absolute Gasteiger partial charge is 0.266 e. The van der Waals surface area contributed by atoms with Gasteiger partial charge >= 0.3 is 0 Å². The average Bonchev–Trinajstić information content (AvgIpc) is 3.20. The minimum atomic E-state index is -4.14. The van der Waals surface area contributed by atoms with Gasteiger partial charge in [-0.05, 0) is 43.3 Å². The van der Waals surface area contributed by atoms with Gasteiger partial charge in [0.2, 0.25) is 0 Å². The molecule has 0 fully saturated rings. The largest absolute Gasteiger partial charge is 0.382 e. The molecule has 0 aliphatic heterocycles. The number of aromatic nitrogens is 1. The Morgan fingerprint density at radius 3 is 2.63 bits per heavy atom. The summed E-state index contributed by atoms with van der Waals surface area (Å²) in [4.78, 5) is 3.31. The minimum absolute atomic E-state index is 0.0558. The Hall–Kier alpha value is -1.72. The highest BCUT2D eigenvalue weighted by Crippen LogP contribution is 2.29. The molecule has 0 spiro atoms. The third-order valence-electron chi connectivity index (χ3n) is 4.31. The molecule has 0 radical (unpaired) electrons. The van der Waals surface area contributed by atoms with E-state index in [1.54, 1.807) is 5.38 Å². The molecule has 0 saturated carbocycles. The molecule has 0 saturated heterocycles. The summed E-state index contributed by atoms with van der Waals surface area (Å²) in [6.45, 7) is 0.467. The highest BCUT2D eigenvalue weighted by atomic mass is 79.9. The molecular formula is C19H19BrClFN4O2S2. The second-order valence-corrected chi connectivity index (χ2v) is 10.3. The lowest BCUT2D eigenvalue weighted by Gasteiger charge is -2.19. The van der Waals surface area contributed by atoms with Crippen LogP contribution in [0.5, 0.6) is 0 Å². The van der Waals surface area contributed by atoms with Gasteiger partial charge in [-0.3, -0.25) is 4.72 Å². The van der Waals surface area contributed by atoms with E-state index in [4.69, 9.17) is 11.6 Å². The van der Waals surface area contributed by atoms with E-state index < -0.39 is 20.7 Å². The van der Waals surface area contributed by atoms with E-state index in [0.29, 0.717) is 12.2 Å². The fourth-order valence-electron chi connectivity index (χ4n) is 2.73. The van der Waals surface area contributed by atoms with Crippen LogP contribution in [0.25, 0.3) is 0 Å². The summed E-state index contributed by atoms with van der Waals surface area (Å²) in [5, 5.41) is 8.17. The third kappa shape index (κ3) is 5.92. The van der Waals surface area contributed by atoms with Crippen molar-refractivity contribution < 1.29 is 12.8 Å². The maximum Gasteiger partial charge on any atom is 0.266 e. The number of nitrogens with one attached hydrogen (secondary N) is 3. The van der Waals surface area contributed by atoms with Gasteiger partial charge in [0.15, 0.2) is 5.13 Å². The number of rotatable bonds is 9. The predicted molar refractivity (Wildman–Crippen MR) is 124 cm³/mol. The Bertz CT molecular complexity index is 1100. The van der Waals surface area contributed by atoms with E-state index in [1.807, 2.05) is 31.3 Å². The zero-order chi connectivity index (χ0) is 21.7. The molecule has 3 aromatic rings. The molecular weight excluding hydrogens is 515 g/mol. The van der Waals surface area contributed by atoms with Crippen molar-refractivity contribution in [1.82, 2.24) is 10.3 Å². The molecule has 1 aromatic heterocycles. The summed E-state index contributed by atoms with van der Waals surface area (Å²) in [5.41, 5.74) is 1.46. The Morgan fingerprint density at radius 2 is 2.00 bits per heavy atom. The summed E-state index contributed by atoms with van der Waals surface area (Å²) in [5.74, 6) is -0.903. The Balaban J connectivity index is 1.70. The van der Waals surface area contributed by atoms with Gasteiger partial charge in [-0.2, -0.15) is 0 Å². The first-order chi connectivity index (χ1) is 14.3. The van der Waals surface area contributed by atoms with Crippen molar-refractivity contribution in [3.63, 3.8) is 0 Å². The lowest BCUT2D eigenvalue weighted by Crippen LogP contribution is -2.34. The van der Waals surface area contributed by atoms with Crippen LogP contribution in [0, 0.1) is 5.82 Å². The number of halogens is 3. The highest BCUT2D eigenvalue weighted by molar-refractivity contribution is 9.10. The molecule has 11 heteroatoms. The summed E-state index contributed by atoms with van der Waals surface area (Å²) >= 11 is 10.7. The average molecular weight is 534 g/mol. The SMILES string of the molecule is CN[C@H](CNc1cc(F)c(S(=O)(=O)Nc2nccs2)cc1Cl)Cc1ccc(Br)cc1. The summed E-state index contributed by atoms with van der Waals surface area (Å²) < 4.78 is 42.7. The minimum Gasteiger partial charge on any atom is -0.382 e. The van der Waals surface area contributed by atoms with Crippen molar-refractivity contribution in [2.24, 2.45) is 0 Å². The number of benzene rings is 2. The van der Waals surface area contributed by atoms with Gasteiger partial charge in [0.25, 0.3) is 10.0 Å². The van der Waals surface area contributed by atoms with Crippen LogP contribution >= 0.6 is 38.9 Å². The van der Waals surface area contributed by atoms with Crippen molar-refractivity contribution in [3.8, 4) is 0 Å². The molecule has 0 bridgehead atoms. The van der Waals surface area contributed by atoms with Gasteiger partial charge in [-0.15, -0.1) is 11.3 Å². The molecule has 1 atom stereocenters. The monoisotopic (exact) mass is 532 g/mol. The summed E-state index contributed by atoms with van der Waals surface area (Å²) in [6, 6.07) is 10.2. The molecule has 160 valence electrons. The van der Waals surface area contributed by atoms with E-state index in [-0.39, 0.29) is 16.2 Å². The van der Waals surface area contributed by atoms with Crippen LogP contribution in [-0.2, 0) is 16.4 Å². The van der Waals surface area contributed by atoms with E-state index in [1.165, 1.54) is 6.20 Å². The molecule has 3 rings (SSSR count). The number of anilines is 2. The fourth-order valence-corrected chi connectivity index (χ4v) is 5.16. The first kappa shape index (κ1) is 23.0. The molecule has 1 heterocycles. The van der Waals surface area contributed by atoms with Gasteiger partial charge in [-0.1, -0.05) is 39.7 Å². The molecule has 0 amide bonds. The first-order valence-electron chi connectivity index (χ1n) is 8.85. The van der Waals surface area contributed by atoms with E-state index in [2.05, 4.69) is 36.3 Å².